The summed E-state index contributed by atoms with van der Waals surface area (Å²) >= 11 is 0. The molecule has 4 fully saturated rings. The molecule has 0 N–H and O–H groups in total. The third-order valence-corrected chi connectivity index (χ3v) is 6.87. The van der Waals surface area contributed by atoms with Crippen LogP contribution in [0.3, 0.4) is 0 Å². The normalized spacial score (nSPS) is 41.0. The number of fused-ring (bicyclic) bond motifs is 4. The van der Waals surface area contributed by atoms with Crippen LogP contribution in [0.4, 0.5) is 5.69 Å². The third-order valence-electron chi connectivity index (χ3n) is 6.87. The Balaban J connectivity index is 1.39. The van der Waals surface area contributed by atoms with Crippen LogP contribution in [0.15, 0.2) is 24.3 Å². The fourth-order valence-corrected chi connectivity index (χ4v) is 6.09. The number of rotatable bonds is 3. The maximum Gasteiger partial charge on any atom is 0.338 e. The molecule has 0 aliphatic heterocycles. The molecule has 1 aromatic carbocycles. The predicted octanol–water partition coefficient (Wildman–Crippen LogP) is 2.61. The van der Waals surface area contributed by atoms with Crippen molar-refractivity contribution in [2.75, 3.05) is 0 Å². The third kappa shape index (κ3) is 1.71. The molecule has 0 unspecified atom stereocenters. The smallest absolute Gasteiger partial charge is 0.338 e. The average molecular weight is 327 g/mol. The highest BCUT2D eigenvalue weighted by molar-refractivity contribution is 5.94. The topological polar surface area (TPSA) is 86.5 Å². The van der Waals surface area contributed by atoms with Gasteiger partial charge in [0.1, 0.15) is 0 Å². The van der Waals surface area contributed by atoms with Gasteiger partial charge >= 0.3 is 5.97 Å². The zero-order chi connectivity index (χ0) is 16.6. The molecular weight excluding hydrogens is 310 g/mol. The molecule has 4 aliphatic rings. The molecule has 4 saturated carbocycles. The summed E-state index contributed by atoms with van der Waals surface area (Å²) in [6.07, 6.45) is 2.68. The highest BCUT2D eigenvalue weighted by Gasteiger charge is 2.68. The molecule has 0 spiro atoms. The predicted molar refractivity (Wildman–Crippen MR) is 82.1 cm³/mol. The molecule has 6 nitrogen and oxygen atoms in total. The van der Waals surface area contributed by atoms with Gasteiger partial charge in [0.2, 0.25) is 0 Å². The first kappa shape index (κ1) is 14.1. The van der Waals surface area contributed by atoms with Gasteiger partial charge in [0, 0.05) is 24.0 Å². The number of Topliss-reactive ketones (excluding diaryl/α,β-unsaturated/α-hetero) is 1. The van der Waals surface area contributed by atoms with Gasteiger partial charge in [0.25, 0.3) is 5.69 Å². The summed E-state index contributed by atoms with van der Waals surface area (Å²) in [4.78, 5) is 35.4. The van der Waals surface area contributed by atoms with Crippen LogP contribution in [0.5, 0.6) is 0 Å². The fourth-order valence-electron chi connectivity index (χ4n) is 6.09. The number of benzene rings is 1. The molecule has 6 heteroatoms. The van der Waals surface area contributed by atoms with Crippen molar-refractivity contribution in [1.29, 1.82) is 0 Å². The van der Waals surface area contributed by atoms with Crippen molar-refractivity contribution in [2.45, 2.75) is 25.4 Å². The fraction of sp³-hybridized carbons (Fsp3) is 0.556. The quantitative estimate of drug-likeness (QED) is 0.484. The Morgan fingerprint density at radius 2 is 1.79 bits per heavy atom. The van der Waals surface area contributed by atoms with Crippen LogP contribution >= 0.6 is 0 Å². The zero-order valence-electron chi connectivity index (χ0n) is 13.0. The minimum absolute atomic E-state index is 0.0715. The highest BCUT2D eigenvalue weighted by Crippen LogP contribution is 2.68. The lowest BCUT2D eigenvalue weighted by Crippen LogP contribution is -2.43. The molecule has 0 saturated heterocycles. The molecule has 0 heterocycles. The van der Waals surface area contributed by atoms with Crippen molar-refractivity contribution in [1.82, 2.24) is 0 Å². The number of nitro groups is 1. The molecule has 4 bridgehead atoms. The van der Waals surface area contributed by atoms with Crippen LogP contribution in [0.2, 0.25) is 0 Å². The van der Waals surface area contributed by atoms with Gasteiger partial charge in [0.15, 0.2) is 11.9 Å². The highest BCUT2D eigenvalue weighted by atomic mass is 16.6. The average Bonchev–Trinajstić information content (AvgIpc) is 3.17. The molecule has 5 rings (SSSR count). The van der Waals surface area contributed by atoms with Crippen molar-refractivity contribution >= 4 is 17.4 Å². The van der Waals surface area contributed by atoms with Crippen molar-refractivity contribution in [3.63, 3.8) is 0 Å². The van der Waals surface area contributed by atoms with Crippen LogP contribution in [0, 0.1) is 45.6 Å². The van der Waals surface area contributed by atoms with E-state index in [2.05, 4.69) is 0 Å². The van der Waals surface area contributed by atoms with E-state index in [1.165, 1.54) is 30.7 Å². The lowest BCUT2D eigenvalue weighted by Gasteiger charge is -2.34. The van der Waals surface area contributed by atoms with Crippen LogP contribution in [-0.2, 0) is 9.53 Å². The first-order chi connectivity index (χ1) is 11.5. The summed E-state index contributed by atoms with van der Waals surface area (Å²) in [5.74, 6) is 2.09. The maximum absolute atomic E-state index is 12.8. The van der Waals surface area contributed by atoms with Gasteiger partial charge < -0.3 is 4.74 Å². The Morgan fingerprint density at radius 3 is 2.50 bits per heavy atom. The van der Waals surface area contributed by atoms with E-state index in [4.69, 9.17) is 4.74 Å². The molecule has 124 valence electrons. The second-order valence-corrected chi connectivity index (χ2v) is 7.67. The van der Waals surface area contributed by atoms with E-state index in [1.54, 1.807) is 0 Å². The van der Waals surface area contributed by atoms with Gasteiger partial charge in [-0.25, -0.2) is 4.79 Å². The van der Waals surface area contributed by atoms with Crippen molar-refractivity contribution in [2.24, 2.45) is 35.5 Å². The molecule has 4 aliphatic carbocycles. The minimum Gasteiger partial charge on any atom is -0.450 e. The Kier molecular flexibility index (Phi) is 2.74. The SMILES string of the molecule is O=C(O[C@H]1C(=O)[C@@H]2C[C@H]3[C@@H]4C[C@@H](C[C@@H]42)[C@H]31)c1ccc([N+](=O)[O-])cc1. The molecule has 0 amide bonds. The summed E-state index contributed by atoms with van der Waals surface area (Å²) in [6, 6.07) is 5.34. The van der Waals surface area contributed by atoms with Crippen LogP contribution < -0.4 is 0 Å². The van der Waals surface area contributed by atoms with Crippen LogP contribution in [-0.4, -0.2) is 22.8 Å². The number of ether oxygens (including phenoxy) is 1. The number of nitro benzene ring substituents is 1. The Hall–Kier alpha value is -2.24. The van der Waals surface area contributed by atoms with E-state index >= 15 is 0 Å². The molecule has 0 radical (unpaired) electrons. The first-order valence-corrected chi connectivity index (χ1v) is 8.54. The van der Waals surface area contributed by atoms with Gasteiger partial charge in [-0.3, -0.25) is 14.9 Å². The van der Waals surface area contributed by atoms with Crippen molar-refractivity contribution in [3.8, 4) is 0 Å². The maximum atomic E-state index is 12.8. The molecule has 7 atom stereocenters. The zero-order valence-corrected chi connectivity index (χ0v) is 13.0. The van der Waals surface area contributed by atoms with E-state index in [0.29, 0.717) is 23.7 Å². The van der Waals surface area contributed by atoms with E-state index in [9.17, 15) is 19.7 Å². The molecule has 24 heavy (non-hydrogen) atoms. The summed E-state index contributed by atoms with van der Waals surface area (Å²) in [5.41, 5.74) is 0.186. The molecular formula is C18H17NO5. The lowest BCUT2D eigenvalue weighted by molar-refractivity contribution is -0.384. The van der Waals surface area contributed by atoms with Gasteiger partial charge in [-0.05, 0) is 55.1 Å². The van der Waals surface area contributed by atoms with Crippen LogP contribution in [0.25, 0.3) is 0 Å². The van der Waals surface area contributed by atoms with E-state index in [1.807, 2.05) is 0 Å². The molecule has 1 aromatic rings. The van der Waals surface area contributed by atoms with E-state index in [-0.39, 0.29) is 28.9 Å². The standard InChI is InChI=1S/C18H17NO5/c20-16-14-7-13-11-5-9(6-12(11)14)15(13)17(16)24-18(21)8-1-3-10(4-2-8)19(22)23/h1-4,9,11-15,17H,5-7H2/t9-,11+,12-,13-,14+,15+,17+/m0/s1. The number of esters is 1. The lowest BCUT2D eigenvalue weighted by atomic mass is 9.75. The van der Waals surface area contributed by atoms with Crippen molar-refractivity contribution in [3.05, 3.63) is 39.9 Å². The van der Waals surface area contributed by atoms with Gasteiger partial charge in [-0.15, -0.1) is 0 Å². The molecule has 0 aromatic heterocycles. The minimum atomic E-state index is -0.612. The number of hydrogen-bond donors (Lipinski definition) is 0. The Bertz CT molecular complexity index is 757. The largest absolute Gasteiger partial charge is 0.450 e. The van der Waals surface area contributed by atoms with E-state index < -0.39 is 17.0 Å². The van der Waals surface area contributed by atoms with Gasteiger partial charge in [0.05, 0.1) is 10.5 Å². The number of carbonyl (C=O) groups is 2. The second-order valence-electron chi connectivity index (χ2n) is 7.67. The number of hydrogen-bond acceptors (Lipinski definition) is 5. The summed E-state index contributed by atoms with van der Waals surface area (Å²) in [5, 5.41) is 10.7. The summed E-state index contributed by atoms with van der Waals surface area (Å²) < 4.78 is 5.64. The number of carbonyl (C=O) groups excluding carboxylic acids is 2. The van der Waals surface area contributed by atoms with Gasteiger partial charge in [-0.2, -0.15) is 0 Å². The van der Waals surface area contributed by atoms with Gasteiger partial charge in [-0.1, -0.05) is 0 Å². The summed E-state index contributed by atoms with van der Waals surface area (Å²) in [7, 11) is 0. The monoisotopic (exact) mass is 327 g/mol. The number of non-ortho nitro benzene ring substituents is 1. The Labute approximate surface area is 138 Å². The summed E-state index contributed by atoms with van der Waals surface area (Å²) in [6.45, 7) is 0. The van der Waals surface area contributed by atoms with Crippen LogP contribution in [0.1, 0.15) is 29.6 Å². The number of nitrogens with zero attached hydrogens (tertiary/aromatic N) is 1. The van der Waals surface area contributed by atoms with Crippen molar-refractivity contribution < 1.29 is 19.2 Å². The number of ketones is 1. The Morgan fingerprint density at radius 1 is 1.08 bits per heavy atom. The van der Waals surface area contributed by atoms with E-state index in [0.717, 1.165) is 12.8 Å². The first-order valence-electron chi connectivity index (χ1n) is 8.54. The second kappa shape index (κ2) is 4.65.